The number of fused-ring (bicyclic) bond motifs is 1. The number of aromatic nitrogens is 4. The van der Waals surface area contributed by atoms with Crippen molar-refractivity contribution < 1.29 is 0 Å². The molecule has 0 bridgehead atoms. The SMILES string of the molecule is Cc1nc2sccn2c1CNC(C)c1ncc[nH]1. The quantitative estimate of drug-likeness (QED) is 0.757. The summed E-state index contributed by atoms with van der Waals surface area (Å²) in [5, 5.41) is 5.52. The molecule has 3 rings (SSSR count). The highest BCUT2D eigenvalue weighted by atomic mass is 32.1. The highest BCUT2D eigenvalue weighted by Crippen LogP contribution is 2.17. The average molecular weight is 261 g/mol. The number of nitrogens with zero attached hydrogens (tertiary/aromatic N) is 3. The Hall–Kier alpha value is -1.66. The number of H-pyrrole nitrogens is 1. The van der Waals surface area contributed by atoms with E-state index >= 15 is 0 Å². The van der Waals surface area contributed by atoms with Crippen molar-refractivity contribution >= 4 is 16.3 Å². The van der Waals surface area contributed by atoms with Crippen molar-refractivity contribution in [2.45, 2.75) is 26.4 Å². The van der Waals surface area contributed by atoms with Gasteiger partial charge in [-0.25, -0.2) is 9.97 Å². The summed E-state index contributed by atoms with van der Waals surface area (Å²) < 4.78 is 2.14. The third-order valence-corrected chi connectivity index (χ3v) is 3.82. The fourth-order valence-corrected chi connectivity index (χ4v) is 2.79. The fraction of sp³-hybridized carbons (Fsp3) is 0.333. The number of thiazole rings is 1. The standard InChI is InChI=1S/C12H15N5S/c1-8-10(17-5-6-18-12(17)16-8)7-15-9(2)11-13-3-4-14-11/h3-6,9,15H,7H2,1-2H3,(H,13,14). The topological polar surface area (TPSA) is 58.0 Å². The number of imidazole rings is 2. The molecule has 3 aromatic heterocycles. The van der Waals surface area contributed by atoms with E-state index in [9.17, 15) is 0 Å². The van der Waals surface area contributed by atoms with E-state index in [1.807, 2.05) is 13.1 Å². The minimum atomic E-state index is 0.198. The van der Waals surface area contributed by atoms with Gasteiger partial charge in [0.05, 0.1) is 17.4 Å². The molecular formula is C12H15N5S. The van der Waals surface area contributed by atoms with Gasteiger partial charge in [0.1, 0.15) is 5.82 Å². The van der Waals surface area contributed by atoms with Gasteiger partial charge in [0, 0.05) is 30.5 Å². The van der Waals surface area contributed by atoms with Gasteiger partial charge < -0.3 is 10.3 Å². The van der Waals surface area contributed by atoms with Crippen molar-refractivity contribution in [2.24, 2.45) is 0 Å². The Kier molecular flexibility index (Phi) is 2.89. The maximum Gasteiger partial charge on any atom is 0.194 e. The molecule has 2 N–H and O–H groups in total. The first-order valence-corrected chi connectivity index (χ1v) is 6.77. The molecule has 0 aliphatic heterocycles. The van der Waals surface area contributed by atoms with E-state index in [2.05, 4.69) is 43.2 Å². The smallest absolute Gasteiger partial charge is 0.194 e. The van der Waals surface area contributed by atoms with E-state index in [0.717, 1.165) is 23.0 Å². The van der Waals surface area contributed by atoms with E-state index in [-0.39, 0.29) is 6.04 Å². The van der Waals surface area contributed by atoms with Gasteiger partial charge in [-0.05, 0) is 13.8 Å². The molecule has 0 aliphatic rings. The number of hydrogen-bond acceptors (Lipinski definition) is 4. The van der Waals surface area contributed by atoms with Gasteiger partial charge in [-0.2, -0.15) is 0 Å². The Labute approximate surface area is 109 Å². The first-order valence-electron chi connectivity index (χ1n) is 5.89. The second-order valence-electron chi connectivity index (χ2n) is 4.28. The Balaban J connectivity index is 1.76. The van der Waals surface area contributed by atoms with Crippen LogP contribution in [0, 0.1) is 6.92 Å². The number of nitrogens with one attached hydrogen (secondary N) is 2. The largest absolute Gasteiger partial charge is 0.347 e. The van der Waals surface area contributed by atoms with E-state index in [1.54, 1.807) is 17.5 Å². The molecule has 18 heavy (non-hydrogen) atoms. The Bertz CT molecular complexity index is 637. The van der Waals surface area contributed by atoms with E-state index in [0.29, 0.717) is 0 Å². The van der Waals surface area contributed by atoms with E-state index in [4.69, 9.17) is 0 Å². The van der Waals surface area contributed by atoms with Gasteiger partial charge in [-0.3, -0.25) is 4.40 Å². The molecule has 0 radical (unpaired) electrons. The number of hydrogen-bond donors (Lipinski definition) is 2. The highest BCUT2D eigenvalue weighted by molar-refractivity contribution is 7.15. The molecule has 1 atom stereocenters. The van der Waals surface area contributed by atoms with Crippen LogP contribution in [-0.4, -0.2) is 19.4 Å². The molecule has 0 saturated heterocycles. The fourth-order valence-electron chi connectivity index (χ4n) is 2.01. The molecule has 0 aliphatic carbocycles. The van der Waals surface area contributed by atoms with Crippen LogP contribution in [0.4, 0.5) is 0 Å². The number of aryl methyl sites for hydroxylation is 1. The zero-order valence-electron chi connectivity index (χ0n) is 10.3. The predicted molar refractivity (Wildman–Crippen MR) is 71.6 cm³/mol. The predicted octanol–water partition coefficient (Wildman–Crippen LogP) is 2.28. The lowest BCUT2D eigenvalue weighted by Crippen LogP contribution is -2.20. The van der Waals surface area contributed by atoms with Gasteiger partial charge in [-0.1, -0.05) is 0 Å². The monoisotopic (exact) mass is 261 g/mol. The molecule has 5 nitrogen and oxygen atoms in total. The van der Waals surface area contributed by atoms with Gasteiger partial charge in [0.2, 0.25) is 0 Å². The van der Waals surface area contributed by atoms with Crippen LogP contribution in [-0.2, 0) is 6.54 Å². The summed E-state index contributed by atoms with van der Waals surface area (Å²) in [5.41, 5.74) is 2.30. The van der Waals surface area contributed by atoms with Gasteiger partial charge >= 0.3 is 0 Å². The second kappa shape index (κ2) is 4.55. The zero-order valence-corrected chi connectivity index (χ0v) is 11.2. The van der Waals surface area contributed by atoms with Crippen LogP contribution < -0.4 is 5.32 Å². The number of aromatic amines is 1. The first-order chi connectivity index (χ1) is 8.75. The van der Waals surface area contributed by atoms with Crippen LogP contribution >= 0.6 is 11.3 Å². The normalized spacial score (nSPS) is 13.2. The number of rotatable bonds is 4. The van der Waals surface area contributed by atoms with Gasteiger partial charge in [0.15, 0.2) is 4.96 Å². The molecule has 0 saturated carbocycles. The van der Waals surface area contributed by atoms with Crippen molar-refractivity contribution in [3.05, 3.63) is 41.2 Å². The summed E-state index contributed by atoms with van der Waals surface area (Å²) in [4.78, 5) is 13.0. The lowest BCUT2D eigenvalue weighted by atomic mass is 10.3. The van der Waals surface area contributed by atoms with Crippen LogP contribution in [0.15, 0.2) is 24.0 Å². The molecule has 1 unspecified atom stereocenters. The lowest BCUT2D eigenvalue weighted by molar-refractivity contribution is 0.542. The summed E-state index contributed by atoms with van der Waals surface area (Å²) in [6.07, 6.45) is 5.68. The van der Waals surface area contributed by atoms with E-state index < -0.39 is 0 Å². The third kappa shape index (κ3) is 1.93. The molecule has 94 valence electrons. The first kappa shape index (κ1) is 11.4. The minimum absolute atomic E-state index is 0.198. The average Bonchev–Trinajstić information content (AvgIpc) is 3.02. The van der Waals surface area contributed by atoms with Crippen LogP contribution in [0.1, 0.15) is 30.2 Å². The summed E-state index contributed by atoms with van der Waals surface area (Å²) >= 11 is 1.66. The Morgan fingerprint density at radius 3 is 3.22 bits per heavy atom. The van der Waals surface area contributed by atoms with Crippen molar-refractivity contribution in [1.29, 1.82) is 0 Å². The van der Waals surface area contributed by atoms with Crippen LogP contribution in [0.3, 0.4) is 0 Å². The zero-order chi connectivity index (χ0) is 12.5. The maximum absolute atomic E-state index is 4.53. The molecule has 0 spiro atoms. The molecule has 3 aromatic rings. The highest BCUT2D eigenvalue weighted by Gasteiger charge is 2.12. The third-order valence-electron chi connectivity index (χ3n) is 3.07. The maximum atomic E-state index is 4.53. The second-order valence-corrected chi connectivity index (χ2v) is 5.15. The Morgan fingerprint density at radius 1 is 1.56 bits per heavy atom. The molecular weight excluding hydrogens is 246 g/mol. The van der Waals surface area contributed by atoms with Crippen molar-refractivity contribution in [3.63, 3.8) is 0 Å². The van der Waals surface area contributed by atoms with Crippen LogP contribution in [0.5, 0.6) is 0 Å². The summed E-state index contributed by atoms with van der Waals surface area (Å²) in [7, 11) is 0. The molecule has 3 heterocycles. The molecule has 0 amide bonds. The molecule has 0 aromatic carbocycles. The molecule has 0 fully saturated rings. The van der Waals surface area contributed by atoms with Crippen LogP contribution in [0.25, 0.3) is 4.96 Å². The summed E-state index contributed by atoms with van der Waals surface area (Å²) in [6.45, 7) is 4.93. The van der Waals surface area contributed by atoms with Crippen molar-refractivity contribution in [1.82, 2.24) is 24.7 Å². The van der Waals surface area contributed by atoms with Crippen molar-refractivity contribution in [2.75, 3.05) is 0 Å². The summed E-state index contributed by atoms with van der Waals surface area (Å²) in [5.74, 6) is 0.957. The van der Waals surface area contributed by atoms with Crippen LogP contribution in [0.2, 0.25) is 0 Å². The van der Waals surface area contributed by atoms with Gasteiger partial charge in [-0.15, -0.1) is 11.3 Å². The minimum Gasteiger partial charge on any atom is -0.347 e. The Morgan fingerprint density at radius 2 is 2.44 bits per heavy atom. The molecule has 6 heteroatoms. The van der Waals surface area contributed by atoms with E-state index in [1.165, 1.54) is 5.69 Å². The van der Waals surface area contributed by atoms with Gasteiger partial charge in [0.25, 0.3) is 0 Å². The summed E-state index contributed by atoms with van der Waals surface area (Å²) in [6, 6.07) is 0.198. The van der Waals surface area contributed by atoms with Crippen molar-refractivity contribution in [3.8, 4) is 0 Å². The lowest BCUT2D eigenvalue weighted by Gasteiger charge is -2.11.